The van der Waals surface area contributed by atoms with E-state index in [1.165, 1.54) is 12.1 Å². The average molecular weight is 357 g/mol. The Hall–Kier alpha value is -2.05. The van der Waals surface area contributed by atoms with Gasteiger partial charge in [-0.05, 0) is 61.2 Å². The number of piperidine rings is 1. The van der Waals surface area contributed by atoms with Crippen LogP contribution in [0.25, 0.3) is 0 Å². The van der Waals surface area contributed by atoms with Crippen LogP contribution in [-0.2, 0) is 4.79 Å². The Morgan fingerprint density at radius 3 is 2.36 bits per heavy atom. The normalized spacial score (nSPS) is 20.0. The van der Waals surface area contributed by atoms with Crippen LogP contribution in [0.15, 0.2) is 59.5 Å². The van der Waals surface area contributed by atoms with Crippen molar-refractivity contribution in [2.45, 2.75) is 23.3 Å². The number of hydrogen-bond acceptors (Lipinski definition) is 4. The highest BCUT2D eigenvalue weighted by Gasteiger charge is 2.50. The van der Waals surface area contributed by atoms with Crippen molar-refractivity contribution >= 4 is 23.5 Å². The van der Waals surface area contributed by atoms with Gasteiger partial charge in [-0.25, -0.2) is 8.70 Å². The van der Waals surface area contributed by atoms with E-state index in [1.807, 2.05) is 18.2 Å². The van der Waals surface area contributed by atoms with E-state index in [0.717, 1.165) is 36.5 Å². The van der Waals surface area contributed by atoms with Crippen LogP contribution in [0.3, 0.4) is 0 Å². The third-order valence-electron chi connectivity index (χ3n) is 5.00. The van der Waals surface area contributed by atoms with Gasteiger partial charge in [0, 0.05) is 23.7 Å². The second-order valence-corrected chi connectivity index (χ2v) is 7.60. The Bertz CT molecular complexity index is 745. The maximum absolute atomic E-state index is 13.0. The molecule has 2 aromatic rings. The lowest BCUT2D eigenvalue weighted by Crippen LogP contribution is -2.55. The van der Waals surface area contributed by atoms with E-state index in [2.05, 4.69) is 26.7 Å². The largest absolute Gasteiger partial charge is 0.339 e. The number of nitrogens with one attached hydrogen (secondary N) is 1. The number of anilines is 1. The third kappa shape index (κ3) is 3.12. The van der Waals surface area contributed by atoms with Crippen molar-refractivity contribution in [2.24, 2.45) is 0 Å². The van der Waals surface area contributed by atoms with E-state index in [-0.39, 0.29) is 11.7 Å². The molecular weight excluding hydrogens is 337 g/mol. The number of hydrogen-bond donors (Lipinski definition) is 1. The van der Waals surface area contributed by atoms with Crippen LogP contribution in [0.4, 0.5) is 10.1 Å². The van der Waals surface area contributed by atoms with Gasteiger partial charge in [0.05, 0.1) is 6.67 Å². The lowest BCUT2D eigenvalue weighted by molar-refractivity contribution is -0.124. The monoisotopic (exact) mass is 357 g/mol. The molecule has 2 saturated heterocycles. The molecule has 1 amide bonds. The molecule has 0 aliphatic carbocycles. The molecule has 0 radical (unpaired) electrons. The van der Waals surface area contributed by atoms with Gasteiger partial charge in [-0.3, -0.25) is 4.79 Å². The number of carbonyl (C=O) groups is 1. The van der Waals surface area contributed by atoms with Crippen LogP contribution in [0.2, 0.25) is 0 Å². The Kier molecular flexibility index (Phi) is 4.39. The molecule has 4 nitrogen and oxygen atoms in total. The molecule has 0 saturated carbocycles. The lowest BCUT2D eigenvalue weighted by atomic mass is 9.86. The molecule has 2 aromatic carbocycles. The summed E-state index contributed by atoms with van der Waals surface area (Å²) in [4.78, 5) is 15.8. The number of halogens is 1. The molecule has 2 aliphatic rings. The van der Waals surface area contributed by atoms with Crippen LogP contribution in [0, 0.1) is 5.82 Å². The molecule has 0 atom stereocenters. The van der Waals surface area contributed by atoms with Crippen molar-refractivity contribution < 1.29 is 9.18 Å². The Morgan fingerprint density at radius 1 is 1.00 bits per heavy atom. The van der Waals surface area contributed by atoms with Gasteiger partial charge in [-0.2, -0.15) is 0 Å². The van der Waals surface area contributed by atoms with Crippen molar-refractivity contribution in [1.29, 1.82) is 0 Å². The zero-order valence-corrected chi connectivity index (χ0v) is 14.6. The summed E-state index contributed by atoms with van der Waals surface area (Å²) >= 11 is 1.63. The van der Waals surface area contributed by atoms with Crippen molar-refractivity contribution in [3.05, 3.63) is 60.4 Å². The minimum atomic E-state index is -0.457. The van der Waals surface area contributed by atoms with E-state index in [4.69, 9.17) is 0 Å². The predicted octanol–water partition coefficient (Wildman–Crippen LogP) is 3.26. The van der Waals surface area contributed by atoms with Gasteiger partial charge in [-0.1, -0.05) is 18.2 Å². The lowest BCUT2D eigenvalue weighted by Gasteiger charge is -2.42. The van der Waals surface area contributed by atoms with Crippen molar-refractivity contribution in [1.82, 2.24) is 9.62 Å². The van der Waals surface area contributed by atoms with Gasteiger partial charge in [0.15, 0.2) is 0 Å². The molecule has 0 aromatic heterocycles. The van der Waals surface area contributed by atoms with Crippen molar-refractivity contribution in [2.75, 3.05) is 24.7 Å². The molecule has 25 heavy (non-hydrogen) atoms. The van der Waals surface area contributed by atoms with Gasteiger partial charge >= 0.3 is 0 Å². The molecular formula is C19H20FN3OS. The number of rotatable bonds is 3. The SMILES string of the molecule is O=C1NCN(c2ccccc2)C12CCN(Sc1ccc(F)cc1)CC2. The summed E-state index contributed by atoms with van der Waals surface area (Å²) < 4.78 is 15.3. The summed E-state index contributed by atoms with van der Waals surface area (Å²) in [5, 5.41) is 3.02. The summed E-state index contributed by atoms with van der Waals surface area (Å²) in [7, 11) is 0. The second kappa shape index (κ2) is 6.69. The first-order chi connectivity index (χ1) is 12.2. The fourth-order valence-corrected chi connectivity index (χ4v) is 4.55. The van der Waals surface area contributed by atoms with E-state index in [9.17, 15) is 9.18 Å². The molecule has 2 fully saturated rings. The fourth-order valence-electron chi connectivity index (χ4n) is 3.62. The van der Waals surface area contributed by atoms with Crippen LogP contribution in [0.1, 0.15) is 12.8 Å². The second-order valence-electron chi connectivity index (χ2n) is 6.43. The van der Waals surface area contributed by atoms with E-state index >= 15 is 0 Å². The number of nitrogens with zero attached hydrogens (tertiary/aromatic N) is 2. The van der Waals surface area contributed by atoms with Gasteiger partial charge in [0.1, 0.15) is 11.4 Å². The number of amides is 1. The van der Waals surface area contributed by atoms with E-state index in [0.29, 0.717) is 6.67 Å². The van der Waals surface area contributed by atoms with Crippen molar-refractivity contribution in [3.8, 4) is 0 Å². The molecule has 4 rings (SSSR count). The molecule has 6 heteroatoms. The predicted molar refractivity (Wildman–Crippen MR) is 97.7 cm³/mol. The Morgan fingerprint density at radius 2 is 1.68 bits per heavy atom. The van der Waals surface area contributed by atoms with Gasteiger partial charge in [0.2, 0.25) is 5.91 Å². The molecule has 2 aliphatic heterocycles. The number of carbonyl (C=O) groups excluding carboxylic acids is 1. The van der Waals surface area contributed by atoms with E-state index in [1.54, 1.807) is 24.1 Å². The number of para-hydroxylation sites is 1. The zero-order valence-electron chi connectivity index (χ0n) is 13.8. The fraction of sp³-hybridized carbons (Fsp3) is 0.316. The minimum Gasteiger partial charge on any atom is -0.339 e. The molecule has 2 heterocycles. The highest BCUT2D eigenvalue weighted by Crippen LogP contribution is 2.38. The summed E-state index contributed by atoms with van der Waals surface area (Å²) in [6.07, 6.45) is 1.56. The molecule has 1 N–H and O–H groups in total. The van der Waals surface area contributed by atoms with E-state index < -0.39 is 5.54 Å². The topological polar surface area (TPSA) is 35.6 Å². The van der Waals surface area contributed by atoms with Crippen molar-refractivity contribution in [3.63, 3.8) is 0 Å². The standard InChI is InChI=1S/C19H20FN3OS/c20-15-6-8-17(9-7-15)25-22-12-10-19(11-13-22)18(24)21-14-23(19)16-4-2-1-3-5-16/h1-9H,10-14H2,(H,21,24). The highest BCUT2D eigenvalue weighted by molar-refractivity contribution is 7.97. The molecule has 0 unspecified atom stereocenters. The first-order valence-electron chi connectivity index (χ1n) is 8.47. The summed E-state index contributed by atoms with van der Waals surface area (Å²) in [5.41, 5.74) is 0.627. The Balaban J connectivity index is 1.47. The molecule has 130 valence electrons. The average Bonchev–Trinajstić information content (AvgIpc) is 2.96. The van der Waals surface area contributed by atoms with Crippen LogP contribution in [0.5, 0.6) is 0 Å². The van der Waals surface area contributed by atoms with Gasteiger partial charge in [-0.15, -0.1) is 0 Å². The van der Waals surface area contributed by atoms with Crippen LogP contribution >= 0.6 is 11.9 Å². The third-order valence-corrected chi connectivity index (χ3v) is 6.11. The maximum Gasteiger partial charge on any atom is 0.247 e. The van der Waals surface area contributed by atoms with Crippen LogP contribution < -0.4 is 10.2 Å². The highest BCUT2D eigenvalue weighted by atomic mass is 32.2. The molecule has 1 spiro atoms. The first kappa shape index (κ1) is 16.4. The van der Waals surface area contributed by atoms with Gasteiger partial charge < -0.3 is 10.2 Å². The van der Waals surface area contributed by atoms with Crippen LogP contribution in [-0.4, -0.2) is 35.5 Å². The zero-order chi connectivity index (χ0) is 17.3. The minimum absolute atomic E-state index is 0.128. The number of benzene rings is 2. The summed E-state index contributed by atoms with van der Waals surface area (Å²) in [6, 6.07) is 16.7. The maximum atomic E-state index is 13.0. The smallest absolute Gasteiger partial charge is 0.247 e. The first-order valence-corrected chi connectivity index (χ1v) is 9.24. The summed E-state index contributed by atoms with van der Waals surface area (Å²) in [6.45, 7) is 2.20. The summed E-state index contributed by atoms with van der Waals surface area (Å²) in [5.74, 6) is -0.0918. The quantitative estimate of drug-likeness (QED) is 0.856. The molecule has 0 bridgehead atoms. The Labute approximate surface area is 151 Å². The van der Waals surface area contributed by atoms with Gasteiger partial charge in [0.25, 0.3) is 0 Å².